The molecule has 0 radical (unpaired) electrons. The molecule has 0 atom stereocenters. The second kappa shape index (κ2) is 7.93. The van der Waals surface area contributed by atoms with Gasteiger partial charge in [0.15, 0.2) is 0 Å². The van der Waals surface area contributed by atoms with E-state index in [2.05, 4.69) is 38.2 Å². The van der Waals surface area contributed by atoms with Gasteiger partial charge in [0.2, 0.25) is 0 Å². The van der Waals surface area contributed by atoms with Crippen LogP contribution in [0.2, 0.25) is 0 Å². The van der Waals surface area contributed by atoms with E-state index in [-0.39, 0.29) is 0 Å². The second-order valence-electron chi connectivity index (χ2n) is 4.99. The minimum Gasteiger partial charge on any atom is -0.493 e. The van der Waals surface area contributed by atoms with E-state index < -0.39 is 0 Å². The van der Waals surface area contributed by atoms with Crippen LogP contribution in [0.4, 0.5) is 0 Å². The molecular weight excluding hydrogens is 222 g/mol. The van der Waals surface area contributed by atoms with Crippen molar-refractivity contribution >= 4 is 6.08 Å². The van der Waals surface area contributed by atoms with E-state index in [9.17, 15) is 0 Å². The van der Waals surface area contributed by atoms with Crippen molar-refractivity contribution in [3.8, 4) is 5.75 Å². The van der Waals surface area contributed by atoms with Gasteiger partial charge in [-0.3, -0.25) is 0 Å². The van der Waals surface area contributed by atoms with E-state index >= 15 is 0 Å². The third kappa shape index (κ3) is 5.37. The summed E-state index contributed by atoms with van der Waals surface area (Å²) in [5.41, 5.74) is 2.48. The normalized spacial score (nSPS) is 11.9. The van der Waals surface area contributed by atoms with Gasteiger partial charge in [-0.15, -0.1) is 0 Å². The first-order chi connectivity index (χ1) is 8.63. The largest absolute Gasteiger partial charge is 0.493 e. The molecule has 0 spiro atoms. The Morgan fingerprint density at radius 3 is 2.72 bits per heavy atom. The molecular formula is C16H25NO. The van der Waals surface area contributed by atoms with Crippen molar-refractivity contribution in [2.75, 3.05) is 19.7 Å². The number of ether oxygens (including phenoxy) is 1. The van der Waals surface area contributed by atoms with Crippen LogP contribution in [0.25, 0.3) is 6.08 Å². The van der Waals surface area contributed by atoms with Gasteiger partial charge in [-0.1, -0.05) is 43.7 Å². The quantitative estimate of drug-likeness (QED) is 0.792. The number of nitrogens with one attached hydrogen (secondary N) is 1. The lowest BCUT2D eigenvalue weighted by molar-refractivity contribution is 0.339. The molecule has 0 amide bonds. The van der Waals surface area contributed by atoms with Crippen LogP contribution < -0.4 is 10.1 Å². The lowest BCUT2D eigenvalue weighted by Gasteiger charge is -2.10. The standard InChI is InChI=1S/C16H25NO/c1-5-18-16-9-7-6-8-15(16)10-14(4)12-17-11-13(2)3/h6-10,13,17H,5,11-12H2,1-4H3. The minimum absolute atomic E-state index is 0.688. The predicted octanol–water partition coefficient (Wildman–Crippen LogP) is 3.73. The fourth-order valence-electron chi connectivity index (χ4n) is 1.76. The van der Waals surface area contributed by atoms with E-state index in [4.69, 9.17) is 4.74 Å². The van der Waals surface area contributed by atoms with Gasteiger partial charge in [0.25, 0.3) is 0 Å². The average molecular weight is 247 g/mol. The summed E-state index contributed by atoms with van der Waals surface area (Å²) in [6.45, 7) is 11.3. The molecule has 1 aromatic rings. The van der Waals surface area contributed by atoms with Gasteiger partial charge in [-0.25, -0.2) is 0 Å². The summed E-state index contributed by atoms with van der Waals surface area (Å²) < 4.78 is 5.62. The smallest absolute Gasteiger partial charge is 0.126 e. The Bertz CT molecular complexity index is 382. The van der Waals surface area contributed by atoms with Crippen molar-refractivity contribution in [1.82, 2.24) is 5.32 Å². The van der Waals surface area contributed by atoms with Crippen molar-refractivity contribution in [3.63, 3.8) is 0 Å². The van der Waals surface area contributed by atoms with Gasteiger partial charge >= 0.3 is 0 Å². The molecule has 0 heterocycles. The van der Waals surface area contributed by atoms with Gasteiger partial charge in [-0.2, -0.15) is 0 Å². The molecule has 2 heteroatoms. The maximum Gasteiger partial charge on any atom is 0.126 e. The van der Waals surface area contributed by atoms with Crippen LogP contribution in [-0.2, 0) is 0 Å². The van der Waals surface area contributed by atoms with E-state index in [0.29, 0.717) is 12.5 Å². The number of benzene rings is 1. The fourth-order valence-corrected chi connectivity index (χ4v) is 1.76. The topological polar surface area (TPSA) is 21.3 Å². The van der Waals surface area contributed by atoms with Crippen molar-refractivity contribution in [2.45, 2.75) is 27.7 Å². The van der Waals surface area contributed by atoms with Crippen molar-refractivity contribution < 1.29 is 4.74 Å². The van der Waals surface area contributed by atoms with Crippen LogP contribution in [0.3, 0.4) is 0 Å². The molecule has 0 saturated carbocycles. The highest BCUT2D eigenvalue weighted by atomic mass is 16.5. The first kappa shape index (κ1) is 14.8. The molecule has 0 aliphatic heterocycles. The van der Waals surface area contributed by atoms with E-state index in [0.717, 1.165) is 24.4 Å². The number of para-hydroxylation sites is 1. The lowest BCUT2D eigenvalue weighted by atomic mass is 10.1. The summed E-state index contributed by atoms with van der Waals surface area (Å²) in [6, 6.07) is 8.17. The van der Waals surface area contributed by atoms with Crippen LogP contribution in [0, 0.1) is 5.92 Å². The maximum absolute atomic E-state index is 5.62. The molecule has 18 heavy (non-hydrogen) atoms. The minimum atomic E-state index is 0.688. The first-order valence-corrected chi connectivity index (χ1v) is 6.73. The summed E-state index contributed by atoms with van der Waals surface area (Å²) in [7, 11) is 0. The Morgan fingerprint density at radius 1 is 1.33 bits per heavy atom. The second-order valence-corrected chi connectivity index (χ2v) is 4.99. The summed E-state index contributed by atoms with van der Waals surface area (Å²) in [5.74, 6) is 1.65. The van der Waals surface area contributed by atoms with E-state index in [1.807, 2.05) is 25.1 Å². The number of rotatable bonds is 7. The highest BCUT2D eigenvalue weighted by molar-refractivity contribution is 5.59. The summed E-state index contributed by atoms with van der Waals surface area (Å²) in [6.07, 6.45) is 2.19. The average Bonchev–Trinajstić information content (AvgIpc) is 2.31. The van der Waals surface area contributed by atoms with E-state index in [1.54, 1.807) is 0 Å². The SMILES string of the molecule is CCOc1ccccc1C=C(C)CNCC(C)C. The van der Waals surface area contributed by atoms with Crippen LogP contribution in [0.5, 0.6) is 5.75 Å². The molecule has 0 unspecified atom stereocenters. The highest BCUT2D eigenvalue weighted by Crippen LogP contribution is 2.20. The van der Waals surface area contributed by atoms with E-state index in [1.165, 1.54) is 5.57 Å². The molecule has 0 aromatic heterocycles. The van der Waals surface area contributed by atoms with Crippen molar-refractivity contribution in [2.24, 2.45) is 5.92 Å². The molecule has 0 bridgehead atoms. The molecule has 1 aromatic carbocycles. The molecule has 2 nitrogen and oxygen atoms in total. The first-order valence-electron chi connectivity index (χ1n) is 6.73. The van der Waals surface area contributed by atoms with Crippen LogP contribution >= 0.6 is 0 Å². The monoisotopic (exact) mass is 247 g/mol. The molecule has 0 fully saturated rings. The Hall–Kier alpha value is -1.28. The van der Waals surface area contributed by atoms with Gasteiger partial charge in [0.05, 0.1) is 6.61 Å². The van der Waals surface area contributed by atoms with Crippen molar-refractivity contribution in [1.29, 1.82) is 0 Å². The van der Waals surface area contributed by atoms with Gasteiger partial charge in [-0.05, 0) is 32.4 Å². The zero-order chi connectivity index (χ0) is 13.4. The molecule has 0 aliphatic carbocycles. The van der Waals surface area contributed by atoms with Crippen molar-refractivity contribution in [3.05, 3.63) is 35.4 Å². The fraction of sp³-hybridized carbons (Fsp3) is 0.500. The summed E-state index contributed by atoms with van der Waals surface area (Å²) in [5, 5.41) is 3.45. The zero-order valence-electron chi connectivity index (χ0n) is 12.0. The van der Waals surface area contributed by atoms with Gasteiger partial charge in [0, 0.05) is 12.1 Å². The summed E-state index contributed by atoms with van der Waals surface area (Å²) in [4.78, 5) is 0. The maximum atomic E-state index is 5.62. The van der Waals surface area contributed by atoms with Gasteiger partial charge in [0.1, 0.15) is 5.75 Å². The third-order valence-corrected chi connectivity index (χ3v) is 2.58. The molecule has 0 aliphatic rings. The Labute approximate surface area is 111 Å². The predicted molar refractivity (Wildman–Crippen MR) is 79.0 cm³/mol. The molecule has 1 rings (SSSR count). The van der Waals surface area contributed by atoms with Crippen LogP contribution in [0.1, 0.15) is 33.3 Å². The Morgan fingerprint density at radius 2 is 2.06 bits per heavy atom. The number of hydrogen-bond donors (Lipinski definition) is 1. The van der Waals surface area contributed by atoms with Gasteiger partial charge < -0.3 is 10.1 Å². The number of hydrogen-bond acceptors (Lipinski definition) is 2. The third-order valence-electron chi connectivity index (χ3n) is 2.58. The van der Waals surface area contributed by atoms with Crippen LogP contribution in [0.15, 0.2) is 29.8 Å². The van der Waals surface area contributed by atoms with Crippen LogP contribution in [-0.4, -0.2) is 19.7 Å². The lowest BCUT2D eigenvalue weighted by Crippen LogP contribution is -2.21. The summed E-state index contributed by atoms with van der Waals surface area (Å²) >= 11 is 0. The zero-order valence-corrected chi connectivity index (χ0v) is 12.0. The Balaban J connectivity index is 2.63. The molecule has 1 N–H and O–H groups in total. The Kier molecular flexibility index (Phi) is 6.51. The molecule has 100 valence electrons. The highest BCUT2D eigenvalue weighted by Gasteiger charge is 2.00. The molecule has 0 saturated heterocycles.